The highest BCUT2D eigenvalue weighted by Crippen LogP contribution is 2.30. The maximum Gasteiger partial charge on any atom is 0.247 e. The van der Waals surface area contributed by atoms with Crippen molar-refractivity contribution in [1.29, 1.82) is 0 Å². The summed E-state index contributed by atoms with van der Waals surface area (Å²) in [6, 6.07) is 3.43. The van der Waals surface area contributed by atoms with Gasteiger partial charge in [-0.2, -0.15) is 0 Å². The Morgan fingerprint density at radius 2 is 1.86 bits per heavy atom. The third kappa shape index (κ3) is 3.74. The summed E-state index contributed by atoms with van der Waals surface area (Å²) in [5.41, 5.74) is 3.94. The highest BCUT2D eigenvalue weighted by Gasteiger charge is 2.27. The molecule has 21 heavy (non-hydrogen) atoms. The molecule has 0 saturated heterocycles. The molecule has 5 heteroatoms. The van der Waals surface area contributed by atoms with E-state index in [4.69, 9.17) is 0 Å². The second-order valence-electron chi connectivity index (χ2n) is 6.07. The largest absolute Gasteiger partial charge is 0.372 e. The van der Waals surface area contributed by atoms with Crippen LogP contribution in [0, 0.1) is 19.8 Å². The third-order valence-electron chi connectivity index (χ3n) is 3.63. The zero-order chi connectivity index (χ0) is 15.6. The second-order valence-corrected chi connectivity index (χ2v) is 6.07. The normalized spacial score (nSPS) is 17.0. The SMILES string of the molecule is Cc1cc2c(cc1C)N[C@@H](CC(=O)NCC(C)C)C(=O)N2. The summed E-state index contributed by atoms with van der Waals surface area (Å²) in [5.74, 6) is 0.127. The molecule has 0 saturated carbocycles. The number of nitrogens with one attached hydrogen (secondary N) is 3. The van der Waals surface area contributed by atoms with Crippen LogP contribution in [0.15, 0.2) is 12.1 Å². The molecule has 0 fully saturated rings. The van der Waals surface area contributed by atoms with Crippen molar-refractivity contribution in [2.75, 3.05) is 17.2 Å². The number of amides is 2. The molecule has 114 valence electrons. The molecule has 2 rings (SSSR count). The topological polar surface area (TPSA) is 70.2 Å². The minimum absolute atomic E-state index is 0.108. The van der Waals surface area contributed by atoms with E-state index in [-0.39, 0.29) is 18.2 Å². The van der Waals surface area contributed by atoms with Gasteiger partial charge in [0, 0.05) is 6.54 Å². The predicted molar refractivity (Wildman–Crippen MR) is 84.4 cm³/mol. The number of carbonyl (C=O) groups excluding carboxylic acids is 2. The summed E-state index contributed by atoms with van der Waals surface area (Å²) in [6.07, 6.45) is 0.144. The molecule has 0 aromatic heterocycles. The number of hydrogen-bond donors (Lipinski definition) is 3. The van der Waals surface area contributed by atoms with Gasteiger partial charge >= 0.3 is 0 Å². The maximum absolute atomic E-state index is 12.1. The first-order valence-electron chi connectivity index (χ1n) is 7.32. The monoisotopic (exact) mass is 289 g/mol. The predicted octanol–water partition coefficient (Wildman–Crippen LogP) is 2.20. The van der Waals surface area contributed by atoms with Crippen molar-refractivity contribution >= 4 is 23.2 Å². The highest BCUT2D eigenvalue weighted by molar-refractivity contribution is 6.05. The van der Waals surface area contributed by atoms with Crippen LogP contribution >= 0.6 is 0 Å². The van der Waals surface area contributed by atoms with Crippen molar-refractivity contribution in [3.63, 3.8) is 0 Å². The molecule has 0 bridgehead atoms. The van der Waals surface area contributed by atoms with Crippen molar-refractivity contribution in [2.45, 2.75) is 40.2 Å². The molecule has 1 aliphatic rings. The van der Waals surface area contributed by atoms with Crippen LogP contribution in [-0.2, 0) is 9.59 Å². The smallest absolute Gasteiger partial charge is 0.247 e. The molecule has 1 heterocycles. The number of rotatable bonds is 4. The summed E-state index contributed by atoms with van der Waals surface area (Å²) in [5, 5.41) is 8.86. The molecule has 3 N–H and O–H groups in total. The van der Waals surface area contributed by atoms with Crippen molar-refractivity contribution in [1.82, 2.24) is 5.32 Å². The molecule has 2 amide bonds. The molecule has 0 spiro atoms. The molecular weight excluding hydrogens is 266 g/mol. The Kier molecular flexibility index (Phi) is 4.50. The van der Waals surface area contributed by atoms with E-state index in [1.165, 1.54) is 0 Å². The number of hydrogen-bond acceptors (Lipinski definition) is 3. The zero-order valence-electron chi connectivity index (χ0n) is 13.0. The van der Waals surface area contributed by atoms with E-state index in [1.54, 1.807) is 0 Å². The van der Waals surface area contributed by atoms with Gasteiger partial charge in [-0.1, -0.05) is 13.8 Å². The fourth-order valence-corrected chi connectivity index (χ4v) is 2.23. The molecule has 1 aromatic rings. The summed E-state index contributed by atoms with van der Waals surface area (Å²) >= 11 is 0. The molecule has 1 aliphatic heterocycles. The number of fused-ring (bicyclic) bond motifs is 1. The van der Waals surface area contributed by atoms with Crippen molar-refractivity contribution in [3.8, 4) is 0 Å². The van der Waals surface area contributed by atoms with Gasteiger partial charge in [-0.25, -0.2) is 0 Å². The maximum atomic E-state index is 12.1. The molecule has 0 aliphatic carbocycles. The average molecular weight is 289 g/mol. The van der Waals surface area contributed by atoms with Gasteiger partial charge in [0.15, 0.2) is 0 Å². The number of benzene rings is 1. The van der Waals surface area contributed by atoms with Crippen molar-refractivity contribution in [2.24, 2.45) is 5.92 Å². The molecule has 0 unspecified atom stereocenters. The molecule has 0 radical (unpaired) electrons. The summed E-state index contributed by atoms with van der Waals surface area (Å²) in [6.45, 7) is 8.73. The first kappa shape index (κ1) is 15.4. The van der Waals surface area contributed by atoms with E-state index in [9.17, 15) is 9.59 Å². The minimum Gasteiger partial charge on any atom is -0.372 e. The fraction of sp³-hybridized carbons (Fsp3) is 0.500. The fourth-order valence-electron chi connectivity index (χ4n) is 2.23. The van der Waals surface area contributed by atoms with Crippen LogP contribution < -0.4 is 16.0 Å². The van der Waals surface area contributed by atoms with Crippen LogP contribution in [0.25, 0.3) is 0 Å². The van der Waals surface area contributed by atoms with Crippen molar-refractivity contribution < 1.29 is 9.59 Å². The van der Waals surface area contributed by atoms with Gasteiger partial charge in [-0.3, -0.25) is 9.59 Å². The van der Waals surface area contributed by atoms with E-state index < -0.39 is 6.04 Å². The zero-order valence-corrected chi connectivity index (χ0v) is 13.0. The lowest BCUT2D eigenvalue weighted by Gasteiger charge is -2.27. The van der Waals surface area contributed by atoms with E-state index in [0.717, 1.165) is 22.5 Å². The second kappa shape index (κ2) is 6.16. The lowest BCUT2D eigenvalue weighted by molar-refractivity contribution is -0.125. The van der Waals surface area contributed by atoms with Crippen LogP contribution in [0.2, 0.25) is 0 Å². The molecule has 5 nitrogen and oxygen atoms in total. The van der Waals surface area contributed by atoms with Crippen LogP contribution in [0.1, 0.15) is 31.4 Å². The Hall–Kier alpha value is -2.04. The van der Waals surface area contributed by atoms with Gasteiger partial charge < -0.3 is 16.0 Å². The van der Waals surface area contributed by atoms with E-state index >= 15 is 0 Å². The van der Waals surface area contributed by atoms with Gasteiger partial charge in [0.2, 0.25) is 11.8 Å². The highest BCUT2D eigenvalue weighted by atomic mass is 16.2. The molecular formula is C16H23N3O2. The first-order valence-corrected chi connectivity index (χ1v) is 7.32. The molecule has 1 aromatic carbocycles. The van der Waals surface area contributed by atoms with Gasteiger partial charge in [0.25, 0.3) is 0 Å². The minimum atomic E-state index is -0.522. The Morgan fingerprint density at radius 3 is 2.48 bits per heavy atom. The van der Waals surface area contributed by atoms with Gasteiger partial charge in [-0.05, 0) is 43.0 Å². The molecule has 1 atom stereocenters. The average Bonchev–Trinajstić information content (AvgIpc) is 2.40. The number of anilines is 2. The number of aryl methyl sites for hydroxylation is 2. The van der Waals surface area contributed by atoms with Crippen LogP contribution in [0.3, 0.4) is 0 Å². The summed E-state index contributed by atoms with van der Waals surface area (Å²) < 4.78 is 0. The van der Waals surface area contributed by atoms with E-state index in [2.05, 4.69) is 16.0 Å². The van der Waals surface area contributed by atoms with Crippen LogP contribution in [0.5, 0.6) is 0 Å². The van der Waals surface area contributed by atoms with Crippen LogP contribution in [0.4, 0.5) is 11.4 Å². The Morgan fingerprint density at radius 1 is 1.24 bits per heavy atom. The first-order chi connectivity index (χ1) is 9.86. The number of carbonyl (C=O) groups is 2. The van der Waals surface area contributed by atoms with Gasteiger partial charge in [-0.15, -0.1) is 0 Å². The van der Waals surface area contributed by atoms with E-state index in [0.29, 0.717) is 12.5 Å². The Labute approximate surface area is 125 Å². The van der Waals surface area contributed by atoms with Crippen LogP contribution in [-0.4, -0.2) is 24.4 Å². The Bertz CT molecular complexity index is 567. The Balaban J connectivity index is 2.05. The quantitative estimate of drug-likeness (QED) is 0.796. The standard InChI is InChI=1S/C16H23N3O2/c1-9(2)8-17-15(20)7-14-16(21)19-13-6-11(4)10(3)5-12(13)18-14/h5-6,9,14,18H,7-8H2,1-4H3,(H,17,20)(H,19,21)/t14-/m0/s1. The van der Waals surface area contributed by atoms with Gasteiger partial charge in [0.1, 0.15) is 6.04 Å². The lowest BCUT2D eigenvalue weighted by Crippen LogP contribution is -2.43. The lowest BCUT2D eigenvalue weighted by atomic mass is 10.0. The van der Waals surface area contributed by atoms with Gasteiger partial charge in [0.05, 0.1) is 17.8 Å². The third-order valence-corrected chi connectivity index (χ3v) is 3.63. The summed E-state index contributed by atoms with van der Waals surface area (Å²) in [4.78, 5) is 23.9. The van der Waals surface area contributed by atoms with Crippen molar-refractivity contribution in [3.05, 3.63) is 23.3 Å². The summed E-state index contributed by atoms with van der Waals surface area (Å²) in [7, 11) is 0. The van der Waals surface area contributed by atoms with E-state index in [1.807, 2.05) is 39.8 Å².